The molecular formula is C26H37N3O4S. The molecule has 3 N–H and O–H groups in total. The highest BCUT2D eigenvalue weighted by molar-refractivity contribution is 8.02. The highest BCUT2D eigenvalue weighted by atomic mass is 32.2. The number of nitrogens with one attached hydrogen (secondary N) is 2. The zero-order valence-corrected chi connectivity index (χ0v) is 21.3. The summed E-state index contributed by atoms with van der Waals surface area (Å²) in [7, 11) is 0. The Morgan fingerprint density at radius 2 is 1.94 bits per heavy atom. The van der Waals surface area contributed by atoms with Gasteiger partial charge in [0, 0.05) is 17.8 Å². The third kappa shape index (κ3) is 4.02. The summed E-state index contributed by atoms with van der Waals surface area (Å²) in [5.41, 5.74) is 1.00. The number of aliphatic hydroxyl groups excluding tert-OH is 1. The summed E-state index contributed by atoms with van der Waals surface area (Å²) < 4.78 is -0.657. The number of hydrogen-bond acceptors (Lipinski definition) is 5. The molecular weight excluding hydrogens is 450 g/mol. The van der Waals surface area contributed by atoms with Crippen LogP contribution in [-0.4, -0.2) is 62.5 Å². The van der Waals surface area contributed by atoms with Gasteiger partial charge in [-0.1, -0.05) is 50.6 Å². The van der Waals surface area contributed by atoms with Crippen LogP contribution in [0.4, 0.5) is 0 Å². The topological polar surface area (TPSA) is 98.7 Å². The first kappa shape index (κ1) is 25.0. The van der Waals surface area contributed by atoms with Crippen molar-refractivity contribution in [2.45, 2.75) is 81.6 Å². The van der Waals surface area contributed by atoms with Gasteiger partial charge in [0.15, 0.2) is 0 Å². The maximum Gasteiger partial charge on any atom is 0.244 e. The van der Waals surface area contributed by atoms with Gasteiger partial charge in [-0.2, -0.15) is 0 Å². The Morgan fingerprint density at radius 3 is 2.59 bits per heavy atom. The van der Waals surface area contributed by atoms with E-state index in [0.29, 0.717) is 6.54 Å². The molecule has 4 rings (SSSR count). The van der Waals surface area contributed by atoms with Gasteiger partial charge in [0.1, 0.15) is 6.04 Å². The summed E-state index contributed by atoms with van der Waals surface area (Å²) in [5.74, 6) is -1.38. The van der Waals surface area contributed by atoms with Gasteiger partial charge in [0.25, 0.3) is 0 Å². The molecule has 3 aliphatic heterocycles. The molecule has 2 bridgehead atoms. The summed E-state index contributed by atoms with van der Waals surface area (Å²) in [5, 5.41) is 16.1. The van der Waals surface area contributed by atoms with Crippen molar-refractivity contribution < 1.29 is 19.5 Å². The molecule has 4 unspecified atom stereocenters. The molecule has 186 valence electrons. The Hall–Kier alpha value is -2.06. The van der Waals surface area contributed by atoms with Crippen molar-refractivity contribution in [1.29, 1.82) is 0 Å². The Bertz CT molecular complexity index is 928. The molecule has 3 fully saturated rings. The standard InChI is InChI=1S/C26H37N3O4S/c1-5-9-16(3)28-24(32)22-26-15(2)12-19(34-26)20(21(26)25(33)29(22)17(4)14-30)23(31)27-13-18-10-7-6-8-11-18/h6-8,10-11,15-17,19-22,30H,5,9,12-14H2,1-4H3,(H,27,31)(H,28,32)/t15?,16?,17-,19-,20+,21+,22?,26?/m1/s1. The fourth-order valence-corrected chi connectivity index (χ4v) is 8.76. The fourth-order valence-electron chi connectivity index (χ4n) is 6.35. The lowest BCUT2D eigenvalue weighted by Crippen LogP contribution is -2.59. The Labute approximate surface area is 206 Å². The molecule has 8 atom stereocenters. The second-order valence-corrected chi connectivity index (χ2v) is 11.8. The monoisotopic (exact) mass is 487 g/mol. The first-order valence-electron chi connectivity index (χ1n) is 12.5. The molecule has 34 heavy (non-hydrogen) atoms. The molecule has 1 aromatic carbocycles. The van der Waals surface area contributed by atoms with Gasteiger partial charge in [-0.25, -0.2) is 0 Å². The molecule has 0 aliphatic carbocycles. The van der Waals surface area contributed by atoms with E-state index in [4.69, 9.17) is 0 Å². The summed E-state index contributed by atoms with van der Waals surface area (Å²) in [6, 6.07) is 8.53. The van der Waals surface area contributed by atoms with E-state index in [0.717, 1.165) is 24.8 Å². The second kappa shape index (κ2) is 9.90. The first-order valence-corrected chi connectivity index (χ1v) is 13.4. The van der Waals surface area contributed by atoms with Crippen LogP contribution in [0.1, 0.15) is 52.5 Å². The van der Waals surface area contributed by atoms with Crippen molar-refractivity contribution in [3.05, 3.63) is 35.9 Å². The number of thioether (sulfide) groups is 1. The minimum Gasteiger partial charge on any atom is -0.394 e. The van der Waals surface area contributed by atoms with E-state index in [1.54, 1.807) is 23.6 Å². The zero-order valence-electron chi connectivity index (χ0n) is 20.5. The van der Waals surface area contributed by atoms with Crippen molar-refractivity contribution in [2.75, 3.05) is 6.61 Å². The average Bonchev–Trinajstić information content (AvgIpc) is 3.41. The molecule has 3 saturated heterocycles. The lowest BCUT2D eigenvalue weighted by molar-refractivity contribution is -0.142. The van der Waals surface area contributed by atoms with Crippen LogP contribution in [0.2, 0.25) is 0 Å². The number of likely N-dealkylation sites (tertiary alicyclic amines) is 1. The second-order valence-electron chi connectivity index (χ2n) is 10.2. The Kier molecular flexibility index (Phi) is 7.29. The quantitative estimate of drug-likeness (QED) is 0.497. The number of carbonyl (C=O) groups excluding carboxylic acids is 3. The van der Waals surface area contributed by atoms with E-state index in [9.17, 15) is 19.5 Å². The van der Waals surface area contributed by atoms with Crippen LogP contribution < -0.4 is 10.6 Å². The van der Waals surface area contributed by atoms with Crippen molar-refractivity contribution in [3.8, 4) is 0 Å². The van der Waals surface area contributed by atoms with E-state index in [-0.39, 0.29) is 41.5 Å². The van der Waals surface area contributed by atoms with Crippen LogP contribution in [0.5, 0.6) is 0 Å². The Balaban J connectivity index is 1.64. The molecule has 0 saturated carbocycles. The van der Waals surface area contributed by atoms with Gasteiger partial charge in [0.05, 0.1) is 29.2 Å². The molecule has 7 nitrogen and oxygen atoms in total. The van der Waals surface area contributed by atoms with Crippen molar-refractivity contribution in [1.82, 2.24) is 15.5 Å². The first-order chi connectivity index (χ1) is 16.3. The number of hydrogen-bond donors (Lipinski definition) is 3. The summed E-state index contributed by atoms with van der Waals surface area (Å²) in [6.45, 7) is 8.12. The zero-order chi connectivity index (χ0) is 24.6. The summed E-state index contributed by atoms with van der Waals surface area (Å²) in [4.78, 5) is 42.6. The van der Waals surface area contributed by atoms with Crippen LogP contribution in [0, 0.1) is 17.8 Å². The summed E-state index contributed by atoms with van der Waals surface area (Å²) >= 11 is 1.66. The molecule has 1 aromatic rings. The van der Waals surface area contributed by atoms with Gasteiger partial charge in [-0.05, 0) is 38.2 Å². The normalized spacial score (nSPS) is 33.5. The largest absolute Gasteiger partial charge is 0.394 e. The molecule has 3 aliphatic rings. The van der Waals surface area contributed by atoms with E-state index in [1.165, 1.54) is 0 Å². The predicted molar refractivity (Wildman–Crippen MR) is 133 cm³/mol. The summed E-state index contributed by atoms with van der Waals surface area (Å²) in [6.07, 6.45) is 2.61. The van der Waals surface area contributed by atoms with E-state index < -0.39 is 28.7 Å². The van der Waals surface area contributed by atoms with E-state index in [2.05, 4.69) is 24.5 Å². The highest BCUT2D eigenvalue weighted by Crippen LogP contribution is 2.68. The average molecular weight is 488 g/mol. The molecule has 8 heteroatoms. The van der Waals surface area contributed by atoms with Gasteiger partial charge >= 0.3 is 0 Å². The lowest BCUT2D eigenvalue weighted by Gasteiger charge is -2.40. The number of rotatable bonds is 9. The third-order valence-electron chi connectivity index (χ3n) is 7.89. The third-order valence-corrected chi connectivity index (χ3v) is 9.97. The van der Waals surface area contributed by atoms with E-state index in [1.807, 2.05) is 37.3 Å². The van der Waals surface area contributed by atoms with Crippen molar-refractivity contribution in [2.24, 2.45) is 17.8 Å². The van der Waals surface area contributed by atoms with Crippen molar-refractivity contribution in [3.63, 3.8) is 0 Å². The SMILES string of the molecule is CCCC(C)NC(=O)C1N([C@H](C)CO)C(=O)[C@@H]2[C@@H](C(=O)NCc3ccccc3)[C@H]3CC(C)C12S3. The van der Waals surface area contributed by atoms with Crippen LogP contribution in [0.3, 0.4) is 0 Å². The van der Waals surface area contributed by atoms with Crippen LogP contribution >= 0.6 is 11.8 Å². The minimum atomic E-state index is -0.691. The predicted octanol–water partition coefficient (Wildman–Crippen LogP) is 2.33. The number of fused-ring (bicyclic) bond motifs is 1. The number of benzene rings is 1. The minimum absolute atomic E-state index is 0.00166. The molecule has 0 aromatic heterocycles. The molecule has 3 amide bonds. The van der Waals surface area contributed by atoms with Gasteiger partial charge in [-0.3, -0.25) is 14.4 Å². The van der Waals surface area contributed by atoms with Crippen molar-refractivity contribution >= 4 is 29.5 Å². The maximum absolute atomic E-state index is 13.9. The number of nitrogens with zero attached hydrogens (tertiary/aromatic N) is 1. The molecule has 1 spiro atoms. The Morgan fingerprint density at radius 1 is 1.24 bits per heavy atom. The van der Waals surface area contributed by atoms with Crippen LogP contribution in [0.15, 0.2) is 30.3 Å². The van der Waals surface area contributed by atoms with E-state index >= 15 is 0 Å². The smallest absolute Gasteiger partial charge is 0.244 e. The van der Waals surface area contributed by atoms with Crippen LogP contribution in [0.25, 0.3) is 0 Å². The molecule has 0 radical (unpaired) electrons. The lowest BCUT2D eigenvalue weighted by atomic mass is 9.66. The maximum atomic E-state index is 13.9. The number of carbonyl (C=O) groups is 3. The molecule has 3 heterocycles. The van der Waals surface area contributed by atoms with Gasteiger partial charge < -0.3 is 20.6 Å². The van der Waals surface area contributed by atoms with Gasteiger partial charge in [-0.15, -0.1) is 11.8 Å². The van der Waals surface area contributed by atoms with Gasteiger partial charge in [0.2, 0.25) is 17.7 Å². The number of amides is 3. The highest BCUT2D eigenvalue weighted by Gasteiger charge is 2.76. The van der Waals surface area contributed by atoms with Crippen LogP contribution in [-0.2, 0) is 20.9 Å². The fraction of sp³-hybridized carbons (Fsp3) is 0.654. The number of aliphatic hydroxyl groups is 1.